The summed E-state index contributed by atoms with van der Waals surface area (Å²) in [6, 6.07) is 12.7. The molecule has 0 unspecified atom stereocenters. The Labute approximate surface area is 190 Å². The van der Waals surface area contributed by atoms with E-state index >= 15 is 0 Å². The van der Waals surface area contributed by atoms with Gasteiger partial charge in [-0.3, -0.25) is 9.59 Å². The Kier molecular flexibility index (Phi) is 7.23. The van der Waals surface area contributed by atoms with Gasteiger partial charge in [0.2, 0.25) is 11.8 Å². The van der Waals surface area contributed by atoms with E-state index in [9.17, 15) is 18.0 Å². The van der Waals surface area contributed by atoms with Gasteiger partial charge in [-0.2, -0.15) is 0 Å². The number of fused-ring (bicyclic) bond motifs is 1. The Balaban J connectivity index is 1.59. The number of benzene rings is 2. The van der Waals surface area contributed by atoms with Crippen LogP contribution in [0.3, 0.4) is 0 Å². The van der Waals surface area contributed by atoms with Crippen molar-refractivity contribution in [2.24, 2.45) is 0 Å². The fraction of sp³-hybridized carbons (Fsp3) is 0.417. The average molecular weight is 458 g/mol. The van der Waals surface area contributed by atoms with Gasteiger partial charge in [0.25, 0.3) is 0 Å². The molecule has 172 valence electrons. The summed E-state index contributed by atoms with van der Waals surface area (Å²) < 4.78 is 25.6. The second-order valence-electron chi connectivity index (χ2n) is 8.37. The molecule has 32 heavy (non-hydrogen) atoms. The summed E-state index contributed by atoms with van der Waals surface area (Å²) in [4.78, 5) is 28.4. The Bertz CT molecular complexity index is 1090. The van der Waals surface area contributed by atoms with Crippen LogP contribution in [-0.2, 0) is 32.4 Å². The lowest BCUT2D eigenvalue weighted by atomic mass is 10.1. The SMILES string of the molecule is CCC(=O)N1c2ccc(S(=O)(=O)CCC(=O)NCc3ccc(N(C)C)cc3)cc2C[C@H]1C. The molecule has 2 aromatic rings. The van der Waals surface area contributed by atoms with E-state index in [1.807, 2.05) is 57.1 Å². The van der Waals surface area contributed by atoms with E-state index in [2.05, 4.69) is 5.32 Å². The lowest BCUT2D eigenvalue weighted by Crippen LogP contribution is -2.35. The first-order chi connectivity index (χ1) is 15.1. The summed E-state index contributed by atoms with van der Waals surface area (Å²) in [6.45, 7) is 4.13. The van der Waals surface area contributed by atoms with Crippen LogP contribution in [0.15, 0.2) is 47.4 Å². The van der Waals surface area contributed by atoms with Crippen molar-refractivity contribution < 1.29 is 18.0 Å². The van der Waals surface area contributed by atoms with Crippen molar-refractivity contribution in [1.82, 2.24) is 5.32 Å². The molecule has 0 saturated carbocycles. The normalized spacial score (nSPS) is 15.4. The summed E-state index contributed by atoms with van der Waals surface area (Å²) in [5.41, 5.74) is 3.65. The monoisotopic (exact) mass is 457 g/mol. The number of hydrogen-bond acceptors (Lipinski definition) is 5. The first-order valence-electron chi connectivity index (χ1n) is 10.8. The van der Waals surface area contributed by atoms with Gasteiger partial charge in [-0.05, 0) is 54.8 Å². The van der Waals surface area contributed by atoms with Crippen LogP contribution in [0.4, 0.5) is 11.4 Å². The summed E-state index contributed by atoms with van der Waals surface area (Å²) in [5.74, 6) is -0.538. The van der Waals surface area contributed by atoms with Crippen LogP contribution in [0.5, 0.6) is 0 Å². The van der Waals surface area contributed by atoms with Gasteiger partial charge in [0.1, 0.15) is 0 Å². The third kappa shape index (κ3) is 5.30. The number of nitrogens with zero attached hydrogens (tertiary/aromatic N) is 2. The molecule has 1 aliphatic rings. The van der Waals surface area contributed by atoms with Crippen molar-refractivity contribution in [3.05, 3.63) is 53.6 Å². The van der Waals surface area contributed by atoms with Crippen LogP contribution >= 0.6 is 0 Å². The number of nitrogens with one attached hydrogen (secondary N) is 1. The highest BCUT2D eigenvalue weighted by atomic mass is 32.2. The first kappa shape index (κ1) is 23.8. The second-order valence-corrected chi connectivity index (χ2v) is 10.5. The van der Waals surface area contributed by atoms with Gasteiger partial charge in [-0.1, -0.05) is 19.1 Å². The van der Waals surface area contributed by atoms with Crippen molar-refractivity contribution >= 4 is 33.0 Å². The number of sulfone groups is 1. The zero-order chi connectivity index (χ0) is 23.5. The van der Waals surface area contributed by atoms with E-state index in [1.54, 1.807) is 17.0 Å². The fourth-order valence-corrected chi connectivity index (χ4v) is 5.18. The molecule has 2 aromatic carbocycles. The van der Waals surface area contributed by atoms with Crippen LogP contribution in [0.1, 0.15) is 37.8 Å². The third-order valence-corrected chi connectivity index (χ3v) is 7.45. The minimum absolute atomic E-state index is 0.00738. The van der Waals surface area contributed by atoms with Gasteiger partial charge < -0.3 is 15.1 Å². The Morgan fingerprint density at radius 3 is 2.44 bits per heavy atom. The molecule has 0 aliphatic carbocycles. The molecule has 0 saturated heterocycles. The molecule has 8 heteroatoms. The molecule has 1 atom stereocenters. The standard InChI is InChI=1S/C24H31N3O4S/c1-5-24(29)27-17(2)14-19-15-21(10-11-22(19)27)32(30,31)13-12-23(28)25-16-18-6-8-20(9-7-18)26(3)4/h6-11,15,17H,5,12-14,16H2,1-4H3,(H,25,28)/t17-/m1/s1. The summed E-state index contributed by atoms with van der Waals surface area (Å²) >= 11 is 0. The van der Waals surface area contributed by atoms with Gasteiger partial charge >= 0.3 is 0 Å². The highest BCUT2D eigenvalue weighted by Gasteiger charge is 2.31. The maximum absolute atomic E-state index is 12.8. The molecular weight excluding hydrogens is 426 g/mol. The predicted octanol–water partition coefficient (Wildman–Crippen LogP) is 2.92. The zero-order valence-corrected chi connectivity index (χ0v) is 19.9. The zero-order valence-electron chi connectivity index (χ0n) is 19.1. The number of carbonyl (C=O) groups is 2. The molecule has 3 rings (SSSR count). The molecule has 2 amide bonds. The molecule has 0 fully saturated rings. The molecule has 7 nitrogen and oxygen atoms in total. The maximum Gasteiger partial charge on any atom is 0.226 e. The van der Waals surface area contributed by atoms with Crippen LogP contribution in [0, 0.1) is 0 Å². The molecule has 1 N–H and O–H groups in total. The van der Waals surface area contributed by atoms with E-state index in [0.717, 1.165) is 22.5 Å². The number of carbonyl (C=O) groups excluding carboxylic acids is 2. The number of amides is 2. The van der Waals surface area contributed by atoms with Crippen molar-refractivity contribution in [2.75, 3.05) is 29.6 Å². The number of anilines is 2. The minimum Gasteiger partial charge on any atom is -0.378 e. The quantitative estimate of drug-likeness (QED) is 0.659. The van der Waals surface area contributed by atoms with Gasteiger partial charge in [0.15, 0.2) is 9.84 Å². The van der Waals surface area contributed by atoms with Gasteiger partial charge in [-0.15, -0.1) is 0 Å². The highest BCUT2D eigenvalue weighted by Crippen LogP contribution is 2.34. The smallest absolute Gasteiger partial charge is 0.226 e. The summed E-state index contributed by atoms with van der Waals surface area (Å²) in [5, 5.41) is 2.78. The van der Waals surface area contributed by atoms with E-state index < -0.39 is 9.84 Å². The van der Waals surface area contributed by atoms with Crippen LogP contribution < -0.4 is 15.1 Å². The Hall–Kier alpha value is -2.87. The minimum atomic E-state index is -3.61. The van der Waals surface area contributed by atoms with Crippen molar-refractivity contribution in [3.63, 3.8) is 0 Å². The van der Waals surface area contributed by atoms with E-state index in [1.165, 1.54) is 6.07 Å². The van der Waals surface area contributed by atoms with Gasteiger partial charge in [0.05, 0.1) is 10.6 Å². The molecule has 0 spiro atoms. The van der Waals surface area contributed by atoms with Crippen molar-refractivity contribution in [3.8, 4) is 0 Å². The van der Waals surface area contributed by atoms with E-state index in [4.69, 9.17) is 0 Å². The molecule has 0 radical (unpaired) electrons. The molecule has 0 bridgehead atoms. The predicted molar refractivity (Wildman–Crippen MR) is 127 cm³/mol. The summed E-state index contributed by atoms with van der Waals surface area (Å²) in [6.07, 6.45) is 0.919. The third-order valence-electron chi connectivity index (χ3n) is 5.74. The van der Waals surface area contributed by atoms with Crippen molar-refractivity contribution in [1.29, 1.82) is 0 Å². The van der Waals surface area contributed by atoms with E-state index in [0.29, 0.717) is 19.4 Å². The lowest BCUT2D eigenvalue weighted by molar-refractivity contribution is -0.121. The fourth-order valence-electron chi connectivity index (χ4n) is 3.90. The lowest BCUT2D eigenvalue weighted by Gasteiger charge is -2.22. The first-order valence-corrected chi connectivity index (χ1v) is 12.5. The number of rotatable bonds is 8. The Morgan fingerprint density at radius 2 is 1.81 bits per heavy atom. The molecule has 1 aliphatic heterocycles. The maximum atomic E-state index is 12.8. The average Bonchev–Trinajstić information content (AvgIpc) is 3.11. The van der Waals surface area contributed by atoms with Crippen LogP contribution in [0.2, 0.25) is 0 Å². The van der Waals surface area contributed by atoms with Crippen LogP contribution in [0.25, 0.3) is 0 Å². The van der Waals surface area contributed by atoms with Gasteiger partial charge in [-0.25, -0.2) is 8.42 Å². The molecular formula is C24H31N3O4S. The second kappa shape index (κ2) is 9.73. The topological polar surface area (TPSA) is 86.8 Å². The molecule has 0 aromatic heterocycles. The number of hydrogen-bond donors (Lipinski definition) is 1. The van der Waals surface area contributed by atoms with Crippen molar-refractivity contribution in [2.45, 2.75) is 50.6 Å². The Morgan fingerprint density at radius 1 is 1.12 bits per heavy atom. The van der Waals surface area contributed by atoms with E-state index in [-0.39, 0.29) is 34.9 Å². The summed E-state index contributed by atoms with van der Waals surface area (Å²) in [7, 11) is 0.310. The largest absolute Gasteiger partial charge is 0.378 e. The van der Waals surface area contributed by atoms with Crippen LogP contribution in [-0.4, -0.2) is 46.1 Å². The van der Waals surface area contributed by atoms with Gasteiger partial charge in [0, 0.05) is 50.9 Å². The molecule has 1 heterocycles. The highest BCUT2D eigenvalue weighted by molar-refractivity contribution is 7.91.